The number of ketones is 1. The maximum atomic E-state index is 15.0. The van der Waals surface area contributed by atoms with Crippen LogP contribution in [-0.2, 0) is 38.1 Å². The monoisotopic (exact) mass is 704 g/mol. The maximum absolute atomic E-state index is 15.0. The molecule has 0 aromatic carbocycles. The Balaban J connectivity index is 1.14. The van der Waals surface area contributed by atoms with Crippen LogP contribution < -0.4 is 0 Å². The van der Waals surface area contributed by atoms with Crippen molar-refractivity contribution in [1.29, 1.82) is 0 Å². The second-order valence-electron chi connectivity index (χ2n) is 19.0. The number of esters is 2. The lowest BCUT2D eigenvalue weighted by Crippen LogP contribution is -2.61. The topological polar surface area (TPSA) is 158 Å². The Labute approximate surface area is 296 Å². The van der Waals surface area contributed by atoms with Gasteiger partial charge in [-0.2, -0.15) is 0 Å². The van der Waals surface area contributed by atoms with E-state index in [0.717, 1.165) is 44.9 Å². The van der Waals surface area contributed by atoms with Crippen LogP contribution in [0.25, 0.3) is 0 Å². The average molecular weight is 705 g/mol. The molecular weight excluding hydrogens is 644 g/mol. The number of hydrogen-bond donors (Lipinski definition) is 3. The Morgan fingerprint density at radius 1 is 0.960 bits per heavy atom. The molecule has 3 N–H and O–H groups in total. The summed E-state index contributed by atoms with van der Waals surface area (Å²) in [6.45, 7) is 17.1. The molecule has 2 spiro atoms. The molecule has 7 rings (SSSR count). The van der Waals surface area contributed by atoms with Gasteiger partial charge in [-0.25, -0.2) is 0 Å². The molecule has 2 heterocycles. The van der Waals surface area contributed by atoms with Crippen LogP contribution in [0.4, 0.5) is 0 Å². The summed E-state index contributed by atoms with van der Waals surface area (Å²) in [4.78, 5) is 39.0. The van der Waals surface area contributed by atoms with Crippen LogP contribution in [0, 0.1) is 50.7 Å². The number of aliphatic hydroxyl groups excluding tert-OH is 2. The molecule has 0 unspecified atom stereocenters. The predicted octanol–water partition coefficient (Wildman–Crippen LogP) is 4.11. The van der Waals surface area contributed by atoms with Gasteiger partial charge < -0.3 is 39.0 Å². The highest BCUT2D eigenvalue weighted by Crippen LogP contribution is 2.89. The highest BCUT2D eigenvalue weighted by molar-refractivity contribution is 5.93. The number of ether oxygens (including phenoxy) is 5. The average Bonchev–Trinajstić information content (AvgIpc) is 3.64. The summed E-state index contributed by atoms with van der Waals surface area (Å²) in [5.74, 6) is -0.0701. The summed E-state index contributed by atoms with van der Waals surface area (Å²) in [6, 6.07) is 0. The molecule has 2 saturated heterocycles. The first kappa shape index (κ1) is 36.7. The van der Waals surface area contributed by atoms with Gasteiger partial charge in [0.25, 0.3) is 0 Å². The van der Waals surface area contributed by atoms with Gasteiger partial charge in [-0.3, -0.25) is 14.4 Å². The van der Waals surface area contributed by atoms with Crippen molar-refractivity contribution in [3.63, 3.8) is 0 Å². The number of fused-ring (bicyclic) bond motifs is 4. The quantitative estimate of drug-likeness (QED) is 0.270. The zero-order chi connectivity index (χ0) is 36.6. The van der Waals surface area contributed by atoms with E-state index in [1.807, 2.05) is 0 Å². The molecule has 2 aliphatic heterocycles. The lowest BCUT2D eigenvalue weighted by molar-refractivity contribution is -0.305. The smallest absolute Gasteiger partial charge is 0.303 e. The molecule has 282 valence electrons. The third kappa shape index (κ3) is 4.91. The van der Waals surface area contributed by atoms with Crippen molar-refractivity contribution in [3.05, 3.63) is 0 Å². The van der Waals surface area contributed by atoms with E-state index >= 15 is 4.79 Å². The summed E-state index contributed by atoms with van der Waals surface area (Å²) in [7, 11) is 0. The van der Waals surface area contributed by atoms with Gasteiger partial charge in [0.05, 0.1) is 24.4 Å². The van der Waals surface area contributed by atoms with Gasteiger partial charge >= 0.3 is 11.9 Å². The number of aliphatic hydroxyl groups is 3. The van der Waals surface area contributed by atoms with Crippen molar-refractivity contribution in [2.45, 2.75) is 168 Å². The van der Waals surface area contributed by atoms with Crippen LogP contribution in [0.2, 0.25) is 0 Å². The van der Waals surface area contributed by atoms with E-state index in [9.17, 15) is 24.9 Å². The molecule has 16 atom stereocenters. The summed E-state index contributed by atoms with van der Waals surface area (Å²) >= 11 is 0. The minimum absolute atomic E-state index is 0.0518. The second-order valence-corrected chi connectivity index (χ2v) is 19.0. The predicted molar refractivity (Wildman–Crippen MR) is 179 cm³/mol. The Morgan fingerprint density at radius 3 is 2.26 bits per heavy atom. The fraction of sp³-hybridized carbons (Fsp3) is 0.923. The largest absolute Gasteiger partial charge is 0.457 e. The molecule has 11 nitrogen and oxygen atoms in total. The molecule has 5 aliphatic carbocycles. The number of rotatable bonds is 6. The second kappa shape index (κ2) is 11.7. The van der Waals surface area contributed by atoms with Crippen LogP contribution in [0.3, 0.4) is 0 Å². The SMILES string of the molecule is CC(=O)O[C@H]1[C@H](O[C@H]2CC[C@]34C[C@]35CC[C@]3(C)[C@H]6[C@H](C)C[C@H]([C@H](OC(C)=O)C(C)(C)O)O[C@H]6C(=O)[C@@]3(C)[C@@H]5CC[C@H]4C2(C)C)OC[C@H](O)[C@@H]1O. The Morgan fingerprint density at radius 2 is 1.62 bits per heavy atom. The van der Waals surface area contributed by atoms with Gasteiger partial charge in [0.2, 0.25) is 0 Å². The number of carbonyl (C=O) groups is 3. The molecule has 0 aromatic heterocycles. The van der Waals surface area contributed by atoms with Gasteiger partial charge in [0.1, 0.15) is 18.3 Å². The van der Waals surface area contributed by atoms with Gasteiger partial charge in [-0.1, -0.05) is 34.6 Å². The van der Waals surface area contributed by atoms with Crippen molar-refractivity contribution < 1.29 is 53.4 Å². The fourth-order valence-electron chi connectivity index (χ4n) is 13.7. The van der Waals surface area contributed by atoms with Crippen LogP contribution in [0.5, 0.6) is 0 Å². The van der Waals surface area contributed by atoms with Crippen LogP contribution in [0.15, 0.2) is 0 Å². The molecule has 50 heavy (non-hydrogen) atoms. The number of hydrogen-bond acceptors (Lipinski definition) is 11. The first-order valence-electron chi connectivity index (χ1n) is 19.1. The van der Waals surface area contributed by atoms with Crippen LogP contribution in [0.1, 0.15) is 114 Å². The molecule has 7 aliphatic rings. The minimum atomic E-state index is -1.32. The van der Waals surface area contributed by atoms with E-state index in [1.54, 1.807) is 13.8 Å². The van der Waals surface area contributed by atoms with E-state index in [1.165, 1.54) is 13.8 Å². The van der Waals surface area contributed by atoms with Crippen LogP contribution in [-0.4, -0.2) is 94.3 Å². The van der Waals surface area contributed by atoms with Crippen molar-refractivity contribution >= 4 is 17.7 Å². The highest BCUT2D eigenvalue weighted by Gasteiger charge is 2.85. The van der Waals surface area contributed by atoms with Crippen molar-refractivity contribution in [2.24, 2.45) is 50.7 Å². The van der Waals surface area contributed by atoms with E-state index in [4.69, 9.17) is 23.7 Å². The number of carbonyl (C=O) groups excluding carboxylic acids is 3. The highest BCUT2D eigenvalue weighted by atomic mass is 16.7. The van der Waals surface area contributed by atoms with Crippen molar-refractivity contribution in [1.82, 2.24) is 0 Å². The molecule has 11 heteroatoms. The van der Waals surface area contributed by atoms with Gasteiger partial charge in [-0.15, -0.1) is 0 Å². The van der Waals surface area contributed by atoms with Crippen molar-refractivity contribution in [2.75, 3.05) is 6.61 Å². The normalized spacial score (nSPS) is 51.2. The summed E-state index contributed by atoms with van der Waals surface area (Å²) in [5.41, 5.74) is -2.20. The molecule has 5 saturated carbocycles. The first-order valence-corrected chi connectivity index (χ1v) is 19.1. The van der Waals surface area contributed by atoms with Crippen LogP contribution >= 0.6 is 0 Å². The minimum Gasteiger partial charge on any atom is -0.457 e. The lowest BCUT2D eigenvalue weighted by Gasteiger charge is -2.62. The summed E-state index contributed by atoms with van der Waals surface area (Å²) in [6.07, 6.45) is 0.620. The third-order valence-corrected chi connectivity index (χ3v) is 15.9. The fourth-order valence-corrected chi connectivity index (χ4v) is 13.7. The zero-order valence-corrected chi connectivity index (χ0v) is 31.4. The first-order chi connectivity index (χ1) is 23.2. The molecule has 7 fully saturated rings. The molecular formula is C39H60O11. The third-order valence-electron chi connectivity index (χ3n) is 15.9. The summed E-state index contributed by atoms with van der Waals surface area (Å²) < 4.78 is 30.2. The van der Waals surface area contributed by atoms with E-state index in [0.29, 0.717) is 12.3 Å². The number of Topliss-reactive ketones (excluding diaryl/α,β-unsaturated/α-hetero) is 1. The maximum Gasteiger partial charge on any atom is 0.303 e. The van der Waals surface area contributed by atoms with E-state index in [-0.39, 0.29) is 57.9 Å². The van der Waals surface area contributed by atoms with Crippen molar-refractivity contribution in [3.8, 4) is 0 Å². The Kier molecular flexibility index (Phi) is 8.58. The Hall–Kier alpha value is -1.63. The van der Waals surface area contributed by atoms with E-state index < -0.39 is 65.9 Å². The molecule has 0 amide bonds. The van der Waals surface area contributed by atoms with E-state index in [2.05, 4.69) is 34.6 Å². The molecule has 0 radical (unpaired) electrons. The van der Waals surface area contributed by atoms with Gasteiger partial charge in [0.15, 0.2) is 24.3 Å². The Bertz CT molecular complexity index is 1410. The standard InChI is InChI=1S/C39H60O11/c1-19-16-23(32(35(6,7)45)48-21(3)41)49-29-27(19)36(8)14-15-39-18-38(39)13-12-26(50-33-30(47-20(2)40)28(43)22(42)17-46-33)34(4,5)24(38)10-11-25(39)37(36,9)31(29)44/h19,22-30,32-33,42-43,45H,10-18H2,1-9H3/t19-,22+,23-,24+,25+,26+,27+,28+,29-,30-,32+,33+,36-,37-,38-,39+/m1/s1. The lowest BCUT2D eigenvalue weighted by atomic mass is 9.41. The van der Waals surface area contributed by atoms with Gasteiger partial charge in [-0.05, 0) is 105 Å². The molecule has 0 bridgehead atoms. The summed E-state index contributed by atoms with van der Waals surface area (Å²) in [5, 5.41) is 31.9. The molecule has 0 aromatic rings. The zero-order valence-electron chi connectivity index (χ0n) is 31.4. The van der Waals surface area contributed by atoms with Gasteiger partial charge in [0, 0.05) is 25.2 Å².